The Morgan fingerprint density at radius 3 is 2.00 bits per heavy atom. The van der Waals surface area contributed by atoms with Crippen LogP contribution in [0.5, 0.6) is 0 Å². The number of halogens is 3. The normalized spacial score (nSPS) is 21.8. The third-order valence-electron chi connectivity index (χ3n) is 7.39. The summed E-state index contributed by atoms with van der Waals surface area (Å²) in [6.07, 6.45) is -0.120. The maximum Gasteiger partial charge on any atom is 0.523 e. The van der Waals surface area contributed by atoms with Crippen molar-refractivity contribution in [3.05, 3.63) is 60.7 Å². The van der Waals surface area contributed by atoms with Gasteiger partial charge in [0.2, 0.25) is 0 Å². The minimum absolute atomic E-state index is 0.323. The van der Waals surface area contributed by atoms with Gasteiger partial charge in [-0.25, -0.2) is 4.79 Å². The number of amides is 1. The van der Waals surface area contributed by atoms with Gasteiger partial charge in [0.15, 0.2) is 0 Å². The third-order valence-corrected chi connectivity index (χ3v) is 12.9. The van der Waals surface area contributed by atoms with Crippen molar-refractivity contribution in [1.29, 1.82) is 0 Å². The van der Waals surface area contributed by atoms with Crippen molar-refractivity contribution in [3.63, 3.8) is 0 Å². The summed E-state index contributed by atoms with van der Waals surface area (Å²) in [5, 5.41) is 3.21. The topological polar surface area (TPSA) is 102 Å². The molecule has 0 radical (unpaired) electrons. The minimum atomic E-state index is -5.86. The van der Waals surface area contributed by atoms with E-state index in [9.17, 15) is 31.2 Å². The van der Waals surface area contributed by atoms with Crippen LogP contribution in [0.15, 0.2) is 60.7 Å². The van der Waals surface area contributed by atoms with Crippen molar-refractivity contribution in [2.24, 2.45) is 5.92 Å². The number of benzene rings is 2. The van der Waals surface area contributed by atoms with Crippen LogP contribution in [0.4, 0.5) is 18.0 Å². The first-order chi connectivity index (χ1) is 17.1. The number of alkyl halides is 3. The van der Waals surface area contributed by atoms with Gasteiger partial charge in [-0.2, -0.15) is 21.6 Å². The molecule has 2 N–H and O–H groups in total. The van der Waals surface area contributed by atoms with Crippen molar-refractivity contribution in [2.75, 3.05) is 6.61 Å². The molecule has 7 nitrogen and oxygen atoms in total. The third kappa shape index (κ3) is 5.57. The smallest absolute Gasteiger partial charge is 0.441 e. The highest BCUT2D eigenvalue weighted by Crippen LogP contribution is 2.47. The number of hydrogen-bond acceptors (Lipinski definition) is 6. The lowest BCUT2D eigenvalue weighted by Crippen LogP contribution is -2.66. The van der Waals surface area contributed by atoms with Crippen LogP contribution in [-0.2, 0) is 19.0 Å². The second kappa shape index (κ2) is 10.4. The van der Waals surface area contributed by atoms with E-state index in [0.717, 1.165) is 10.4 Å². The lowest BCUT2D eigenvalue weighted by Gasteiger charge is -2.46. The maximum atomic E-state index is 12.8. The summed E-state index contributed by atoms with van der Waals surface area (Å²) >= 11 is 0. The highest BCUT2D eigenvalue weighted by Gasteiger charge is 2.57. The van der Waals surface area contributed by atoms with E-state index in [-0.39, 0.29) is 0 Å². The van der Waals surface area contributed by atoms with Gasteiger partial charge in [-0.1, -0.05) is 81.4 Å². The fourth-order valence-electron chi connectivity index (χ4n) is 5.21. The van der Waals surface area contributed by atoms with Crippen LogP contribution in [0.1, 0.15) is 40.5 Å². The summed E-state index contributed by atoms with van der Waals surface area (Å²) in [4.78, 5) is 24.7. The molecule has 3 rings (SSSR count). The zero-order valence-corrected chi connectivity index (χ0v) is 22.9. The number of rotatable bonds is 10. The van der Waals surface area contributed by atoms with Crippen LogP contribution < -0.4 is 15.7 Å². The molecule has 1 saturated heterocycles. The van der Waals surface area contributed by atoms with Crippen molar-refractivity contribution in [1.82, 2.24) is 5.32 Å². The number of hydrogen-bond donors (Lipinski definition) is 2. The van der Waals surface area contributed by atoms with E-state index in [1.54, 1.807) is 6.92 Å². The van der Waals surface area contributed by atoms with Crippen molar-refractivity contribution in [3.8, 4) is 0 Å². The van der Waals surface area contributed by atoms with Crippen molar-refractivity contribution >= 4 is 34.9 Å². The van der Waals surface area contributed by atoms with Crippen LogP contribution in [0.25, 0.3) is 0 Å². The fourth-order valence-corrected chi connectivity index (χ4v) is 9.44. The van der Waals surface area contributed by atoms with Crippen LogP contribution in [-0.4, -0.2) is 51.4 Å². The molecule has 1 amide bonds. The number of cyclic esters (lactones) is 1. The number of alkyl carbamates (subject to hydrolysis) is 1. The molecule has 0 aromatic heterocycles. The first-order valence-corrected chi connectivity index (χ1v) is 15.2. The molecule has 1 fully saturated rings. The molecule has 0 saturated carbocycles. The average Bonchev–Trinajstić information content (AvgIpc) is 3.14. The number of nitrogens with one attached hydrogen (secondary N) is 1. The molecule has 204 valence electrons. The molecule has 0 aliphatic carbocycles. The molecule has 3 atom stereocenters. The van der Waals surface area contributed by atoms with Gasteiger partial charge in [0.05, 0.1) is 12.6 Å². The van der Waals surface area contributed by atoms with Gasteiger partial charge < -0.3 is 14.8 Å². The molecule has 12 heteroatoms. The monoisotopic (exact) mass is 559 g/mol. The van der Waals surface area contributed by atoms with Crippen molar-refractivity contribution < 1.29 is 40.1 Å². The second-order valence-electron chi connectivity index (χ2n) is 10.1. The standard InChI is InChI=1S/C25H32F3NO6SSi/c1-5-18(24(4)21(29-22(30)35-24)17-34-36(31,32)25(26,27)28)16-23(2,3)37(33,19-12-8-6-9-13-19)20-14-10-7-11-15-20/h6-15,18,21,33H,5,16-17H2,1-4H3,(H,29,30)/t18-,21+,24+/m0/s1. The predicted octanol–water partition coefficient (Wildman–Crippen LogP) is 3.67. The van der Waals surface area contributed by atoms with E-state index in [2.05, 4.69) is 9.50 Å². The predicted molar refractivity (Wildman–Crippen MR) is 135 cm³/mol. The first-order valence-electron chi connectivity index (χ1n) is 11.9. The van der Waals surface area contributed by atoms with E-state index < -0.39 is 59.2 Å². The molecule has 0 bridgehead atoms. The summed E-state index contributed by atoms with van der Waals surface area (Å²) in [6.45, 7) is 6.30. The van der Waals surface area contributed by atoms with Crippen LogP contribution in [0, 0.1) is 5.92 Å². The van der Waals surface area contributed by atoms with Crippen LogP contribution in [0.3, 0.4) is 0 Å². The highest BCUT2D eigenvalue weighted by atomic mass is 32.2. The number of ether oxygens (including phenoxy) is 1. The fraction of sp³-hybridized carbons (Fsp3) is 0.480. The molecule has 0 unspecified atom stereocenters. The van der Waals surface area contributed by atoms with Crippen LogP contribution >= 0.6 is 0 Å². The minimum Gasteiger partial charge on any atom is -0.441 e. The summed E-state index contributed by atoms with van der Waals surface area (Å²) in [7, 11) is -9.30. The van der Waals surface area contributed by atoms with Gasteiger partial charge >= 0.3 is 21.7 Å². The van der Waals surface area contributed by atoms with Crippen LogP contribution in [0.2, 0.25) is 5.04 Å². The maximum absolute atomic E-state index is 12.8. The second-order valence-corrected chi connectivity index (χ2v) is 15.6. The molecule has 37 heavy (non-hydrogen) atoms. The van der Waals surface area contributed by atoms with E-state index >= 15 is 0 Å². The van der Waals surface area contributed by atoms with Gasteiger partial charge in [0.1, 0.15) is 5.60 Å². The van der Waals surface area contributed by atoms with Gasteiger partial charge in [-0.15, -0.1) is 0 Å². The molecule has 2 aromatic carbocycles. The Balaban J connectivity index is 1.97. The van der Waals surface area contributed by atoms with E-state index in [1.165, 1.54) is 0 Å². The molecule has 1 heterocycles. The zero-order valence-electron chi connectivity index (χ0n) is 21.1. The molecule has 0 spiro atoms. The first kappa shape index (κ1) is 29.1. The Bertz CT molecular complexity index is 1150. The summed E-state index contributed by atoms with van der Waals surface area (Å²) in [5.41, 5.74) is -6.99. The lowest BCUT2D eigenvalue weighted by molar-refractivity contribution is -0.0581. The van der Waals surface area contributed by atoms with E-state index in [4.69, 9.17) is 4.74 Å². The molecule has 2 aromatic rings. The molecular weight excluding hydrogens is 527 g/mol. The number of carbonyl (C=O) groups excluding carboxylic acids is 1. The Hall–Kier alpha value is -2.41. The summed E-state index contributed by atoms with van der Waals surface area (Å²) in [6, 6.07) is 17.4. The number of carbonyl (C=O) groups is 1. The molecular formula is C25H32F3NO6SSi. The van der Waals surface area contributed by atoms with E-state index in [0.29, 0.717) is 12.8 Å². The van der Waals surface area contributed by atoms with Gasteiger partial charge in [-0.05, 0) is 35.2 Å². The Morgan fingerprint density at radius 1 is 1.08 bits per heavy atom. The van der Waals surface area contributed by atoms with Gasteiger partial charge in [-0.3, -0.25) is 4.18 Å². The Labute approximate surface area is 216 Å². The van der Waals surface area contributed by atoms with Gasteiger partial charge in [0, 0.05) is 5.92 Å². The highest BCUT2D eigenvalue weighted by molar-refractivity contribution is 7.87. The van der Waals surface area contributed by atoms with Gasteiger partial charge in [0.25, 0.3) is 8.32 Å². The Kier molecular flexibility index (Phi) is 8.19. The Morgan fingerprint density at radius 2 is 1.57 bits per heavy atom. The largest absolute Gasteiger partial charge is 0.523 e. The summed E-state index contributed by atoms with van der Waals surface area (Å²) < 4.78 is 71.3. The quantitative estimate of drug-likeness (QED) is 0.262. The average molecular weight is 560 g/mol. The molecule has 1 aliphatic rings. The SMILES string of the molecule is CC[C@@H](CC(C)(C)[Si](O)(c1ccccc1)c1ccccc1)[C@@]1(C)OC(=O)N[C@@H]1COS(=O)(=O)C(F)(F)F. The van der Waals surface area contributed by atoms with E-state index in [1.807, 2.05) is 81.4 Å². The molecule has 1 aliphatic heterocycles. The zero-order chi connectivity index (χ0) is 27.7. The lowest BCUT2D eigenvalue weighted by atomic mass is 9.77. The van der Waals surface area contributed by atoms with Crippen molar-refractivity contribution in [2.45, 2.75) is 62.7 Å². The summed E-state index contributed by atoms with van der Waals surface area (Å²) in [5.74, 6) is -0.463.